The average Bonchev–Trinajstić information content (AvgIpc) is 1.85. The molecule has 0 unspecified atom stereocenters. The highest BCUT2D eigenvalue weighted by atomic mass is 79.9. The third-order valence-corrected chi connectivity index (χ3v) is 1.58. The molecule has 58 valence electrons. The number of rotatable bonds is 1. The normalized spacial score (nSPS) is 9.55. The van der Waals surface area contributed by atoms with Gasteiger partial charge in [0.2, 0.25) is 6.20 Å². The first-order chi connectivity index (χ1) is 5.11. The maximum absolute atomic E-state index is 10.3. The molecule has 0 saturated heterocycles. The van der Waals surface area contributed by atoms with Crippen LogP contribution >= 0.6 is 15.9 Å². The molecule has 0 aromatic carbocycles. The van der Waals surface area contributed by atoms with E-state index in [1.807, 2.05) is 0 Å². The van der Waals surface area contributed by atoms with E-state index in [-0.39, 0.29) is 5.69 Å². The third-order valence-electron chi connectivity index (χ3n) is 1.11. The average molecular weight is 219 g/mol. The molecule has 0 bridgehead atoms. The molecule has 1 rings (SSSR count). The predicted molar refractivity (Wildman–Crippen MR) is 38.5 cm³/mol. The molecule has 0 aliphatic carbocycles. The van der Waals surface area contributed by atoms with E-state index < -0.39 is 5.97 Å². The minimum atomic E-state index is -1.17. The lowest BCUT2D eigenvalue weighted by molar-refractivity contribution is -0.906. The van der Waals surface area contributed by atoms with Crippen molar-refractivity contribution in [1.82, 2.24) is 0 Å². The Balaban J connectivity index is 3.20. The lowest BCUT2D eigenvalue weighted by Gasteiger charge is -1.89. The molecule has 0 atom stereocenters. The van der Waals surface area contributed by atoms with Crippen LogP contribution in [0, 0.1) is 0 Å². The summed E-state index contributed by atoms with van der Waals surface area (Å²) in [5, 5.41) is 17.4. The molecule has 2 N–H and O–H groups in total. The first kappa shape index (κ1) is 8.00. The number of aromatic nitrogens is 1. The highest BCUT2D eigenvalue weighted by molar-refractivity contribution is 9.10. The molecule has 1 aromatic rings. The van der Waals surface area contributed by atoms with E-state index in [1.165, 1.54) is 18.3 Å². The van der Waals surface area contributed by atoms with Gasteiger partial charge in [-0.05, 0) is 22.0 Å². The van der Waals surface area contributed by atoms with Crippen LogP contribution in [-0.2, 0) is 0 Å². The molecule has 0 saturated carbocycles. The van der Waals surface area contributed by atoms with Crippen LogP contribution in [0.4, 0.5) is 0 Å². The fraction of sp³-hybridized carbons (Fsp3) is 0. The summed E-state index contributed by atoms with van der Waals surface area (Å²) in [6, 6.07) is 2.84. The van der Waals surface area contributed by atoms with Gasteiger partial charge in [-0.15, -0.1) is 0 Å². The van der Waals surface area contributed by atoms with Gasteiger partial charge >= 0.3 is 11.7 Å². The van der Waals surface area contributed by atoms with Crippen LogP contribution in [0.1, 0.15) is 10.5 Å². The number of halogens is 1. The van der Waals surface area contributed by atoms with Crippen LogP contribution in [0.15, 0.2) is 22.8 Å². The minimum Gasteiger partial charge on any atom is -0.473 e. The molecular weight excluding hydrogens is 214 g/mol. The van der Waals surface area contributed by atoms with Crippen molar-refractivity contribution < 1.29 is 19.8 Å². The second-order valence-corrected chi connectivity index (χ2v) is 2.80. The Morgan fingerprint density at radius 2 is 2.18 bits per heavy atom. The third kappa shape index (κ3) is 1.68. The fourth-order valence-corrected chi connectivity index (χ4v) is 0.960. The number of hydrogen-bond acceptors (Lipinski definition) is 2. The Morgan fingerprint density at radius 1 is 1.55 bits per heavy atom. The zero-order valence-electron chi connectivity index (χ0n) is 5.36. The van der Waals surface area contributed by atoms with Crippen molar-refractivity contribution in [1.29, 1.82) is 0 Å². The minimum absolute atomic E-state index is 0.173. The molecule has 4 nitrogen and oxygen atoms in total. The molecule has 0 radical (unpaired) electrons. The number of nitrogens with zero attached hydrogens (tertiary/aromatic N) is 1. The van der Waals surface area contributed by atoms with Crippen molar-refractivity contribution in [3.8, 4) is 0 Å². The topological polar surface area (TPSA) is 61.4 Å². The van der Waals surface area contributed by atoms with Gasteiger partial charge in [0, 0.05) is 10.8 Å². The van der Waals surface area contributed by atoms with Gasteiger partial charge in [-0.1, -0.05) is 0 Å². The Morgan fingerprint density at radius 3 is 2.64 bits per heavy atom. The molecular formula is C6H5BrNO3+. The van der Waals surface area contributed by atoms with Gasteiger partial charge in [0.15, 0.2) is 0 Å². The number of carbonyl (C=O) groups is 1. The predicted octanol–water partition coefficient (Wildman–Crippen LogP) is 0.672. The van der Waals surface area contributed by atoms with Crippen molar-refractivity contribution in [3.63, 3.8) is 0 Å². The Labute approximate surface area is 70.8 Å². The second-order valence-electron chi connectivity index (χ2n) is 1.88. The summed E-state index contributed by atoms with van der Waals surface area (Å²) in [5.74, 6) is -1.17. The second kappa shape index (κ2) is 2.87. The quantitative estimate of drug-likeness (QED) is 0.539. The van der Waals surface area contributed by atoms with E-state index in [0.29, 0.717) is 9.20 Å². The van der Waals surface area contributed by atoms with Crippen LogP contribution in [0.25, 0.3) is 0 Å². The summed E-state index contributed by atoms with van der Waals surface area (Å²) in [5.41, 5.74) is -0.173. The van der Waals surface area contributed by atoms with Gasteiger partial charge in [0.25, 0.3) is 0 Å². The molecule has 0 aliphatic heterocycles. The standard InChI is InChI=1S/C6H4BrNO3/c7-4-1-2-5(6(9)10)8(11)3-4/h1-3H,(H-,9,10,11)/p+1. The van der Waals surface area contributed by atoms with E-state index in [2.05, 4.69) is 15.9 Å². The molecule has 1 heterocycles. The van der Waals surface area contributed by atoms with Crippen LogP contribution < -0.4 is 4.73 Å². The first-order valence-corrected chi connectivity index (χ1v) is 3.54. The number of hydrogen-bond donors (Lipinski definition) is 2. The van der Waals surface area contributed by atoms with Crippen molar-refractivity contribution >= 4 is 21.9 Å². The molecule has 0 amide bonds. The highest BCUT2D eigenvalue weighted by Crippen LogP contribution is 2.05. The zero-order chi connectivity index (χ0) is 8.43. The maximum atomic E-state index is 10.3. The summed E-state index contributed by atoms with van der Waals surface area (Å²) >= 11 is 3.07. The maximum Gasteiger partial charge on any atom is 0.406 e. The van der Waals surface area contributed by atoms with E-state index in [4.69, 9.17) is 10.3 Å². The largest absolute Gasteiger partial charge is 0.473 e. The summed E-state index contributed by atoms with van der Waals surface area (Å²) in [4.78, 5) is 10.3. The Bertz CT molecular complexity index is 300. The monoisotopic (exact) mass is 218 g/mol. The van der Waals surface area contributed by atoms with Crippen LogP contribution in [0.2, 0.25) is 0 Å². The van der Waals surface area contributed by atoms with E-state index in [9.17, 15) is 4.79 Å². The Hall–Kier alpha value is -1.10. The zero-order valence-corrected chi connectivity index (χ0v) is 6.95. The van der Waals surface area contributed by atoms with E-state index >= 15 is 0 Å². The van der Waals surface area contributed by atoms with Crippen molar-refractivity contribution in [3.05, 3.63) is 28.5 Å². The number of carboxylic acid groups (broad SMARTS) is 1. The lowest BCUT2D eigenvalue weighted by Crippen LogP contribution is -2.37. The summed E-state index contributed by atoms with van der Waals surface area (Å²) in [7, 11) is 0. The van der Waals surface area contributed by atoms with E-state index in [0.717, 1.165) is 0 Å². The first-order valence-electron chi connectivity index (χ1n) is 2.75. The number of carboxylic acids is 1. The Kier molecular flexibility index (Phi) is 2.09. The van der Waals surface area contributed by atoms with Gasteiger partial charge in [-0.2, -0.15) is 0 Å². The number of pyridine rings is 1. The van der Waals surface area contributed by atoms with Gasteiger partial charge < -0.3 is 5.11 Å². The summed E-state index contributed by atoms with van der Waals surface area (Å²) in [6.45, 7) is 0. The lowest BCUT2D eigenvalue weighted by atomic mass is 10.3. The molecule has 0 fully saturated rings. The van der Waals surface area contributed by atoms with Crippen molar-refractivity contribution in [2.45, 2.75) is 0 Å². The van der Waals surface area contributed by atoms with Crippen LogP contribution in [0.3, 0.4) is 0 Å². The highest BCUT2D eigenvalue weighted by Gasteiger charge is 2.17. The van der Waals surface area contributed by atoms with Crippen LogP contribution in [0.5, 0.6) is 0 Å². The molecule has 0 aliphatic rings. The summed E-state index contributed by atoms with van der Waals surface area (Å²) < 4.78 is 1.16. The smallest absolute Gasteiger partial charge is 0.406 e. The van der Waals surface area contributed by atoms with Gasteiger partial charge in [-0.25, -0.2) is 4.79 Å². The van der Waals surface area contributed by atoms with Gasteiger partial charge in [0.1, 0.15) is 0 Å². The fourth-order valence-electron chi connectivity index (χ4n) is 0.634. The molecule has 5 heteroatoms. The van der Waals surface area contributed by atoms with Gasteiger partial charge in [0.05, 0.1) is 4.47 Å². The molecule has 1 aromatic heterocycles. The van der Waals surface area contributed by atoms with Gasteiger partial charge in [-0.3, -0.25) is 5.21 Å². The molecule has 11 heavy (non-hydrogen) atoms. The number of aromatic carboxylic acids is 1. The van der Waals surface area contributed by atoms with Crippen molar-refractivity contribution in [2.24, 2.45) is 0 Å². The SMILES string of the molecule is O=C(O)c1ccc(Br)c[n+]1O. The van der Waals surface area contributed by atoms with Crippen molar-refractivity contribution in [2.75, 3.05) is 0 Å². The summed E-state index contributed by atoms with van der Waals surface area (Å²) in [6.07, 6.45) is 1.25. The van der Waals surface area contributed by atoms with Crippen LogP contribution in [-0.4, -0.2) is 16.3 Å². The van der Waals surface area contributed by atoms with E-state index in [1.54, 1.807) is 0 Å². The molecule has 0 spiro atoms.